The van der Waals surface area contributed by atoms with Gasteiger partial charge in [0.25, 0.3) is 0 Å². The monoisotopic (exact) mass is 369 g/mol. The smallest absolute Gasteiger partial charge is 0.244 e. The number of carbonyl (C=O) groups excluding carboxylic acids is 1. The van der Waals surface area contributed by atoms with Crippen molar-refractivity contribution < 1.29 is 14.3 Å². The molecular formula is C23H31NO3. The van der Waals surface area contributed by atoms with E-state index >= 15 is 0 Å². The average Bonchev–Trinajstić information content (AvgIpc) is 3.10. The summed E-state index contributed by atoms with van der Waals surface area (Å²) in [6.07, 6.45) is 8.23. The molecule has 1 N–H and O–H groups in total. The van der Waals surface area contributed by atoms with E-state index in [0.717, 1.165) is 23.5 Å². The van der Waals surface area contributed by atoms with Crippen LogP contribution < -0.4 is 14.8 Å². The number of rotatable bonds is 4. The summed E-state index contributed by atoms with van der Waals surface area (Å²) in [6, 6.07) is 6.03. The number of hydrogen-bond acceptors (Lipinski definition) is 3. The molecule has 0 bridgehead atoms. The zero-order valence-electron chi connectivity index (χ0n) is 17.0. The van der Waals surface area contributed by atoms with Gasteiger partial charge in [-0.15, -0.1) is 0 Å². The Bertz CT molecular complexity index is 750. The van der Waals surface area contributed by atoms with Gasteiger partial charge in [0.05, 0.1) is 0 Å². The summed E-state index contributed by atoms with van der Waals surface area (Å²) in [4.78, 5) is 12.3. The van der Waals surface area contributed by atoms with Gasteiger partial charge in [-0.25, -0.2) is 0 Å². The molecule has 0 saturated heterocycles. The van der Waals surface area contributed by atoms with Crippen LogP contribution in [0.4, 0.5) is 0 Å². The first-order valence-electron chi connectivity index (χ1n) is 9.84. The van der Waals surface area contributed by atoms with E-state index in [-0.39, 0.29) is 18.7 Å². The summed E-state index contributed by atoms with van der Waals surface area (Å²) >= 11 is 0. The fraction of sp³-hybridized carbons (Fsp3) is 0.522. The fourth-order valence-corrected chi connectivity index (χ4v) is 4.12. The van der Waals surface area contributed by atoms with E-state index in [1.807, 2.05) is 30.4 Å². The van der Waals surface area contributed by atoms with Crippen LogP contribution in [0.2, 0.25) is 0 Å². The molecule has 1 aliphatic carbocycles. The highest BCUT2D eigenvalue weighted by Gasteiger charge is 2.43. The molecule has 1 amide bonds. The number of nitrogens with one attached hydrogen (secondary N) is 1. The molecule has 27 heavy (non-hydrogen) atoms. The summed E-state index contributed by atoms with van der Waals surface area (Å²) in [5, 5.41) is 3.20. The van der Waals surface area contributed by atoms with Crippen LogP contribution in [0.15, 0.2) is 36.4 Å². The largest absolute Gasteiger partial charge is 0.454 e. The summed E-state index contributed by atoms with van der Waals surface area (Å²) in [5.74, 6) is 3.14. The Morgan fingerprint density at radius 1 is 1.15 bits per heavy atom. The minimum absolute atomic E-state index is 0.0266. The quantitative estimate of drug-likeness (QED) is 0.612. The molecule has 0 aromatic heterocycles. The maximum Gasteiger partial charge on any atom is 0.244 e. The zero-order chi connectivity index (χ0) is 19.6. The summed E-state index contributed by atoms with van der Waals surface area (Å²) in [6.45, 7) is 11.8. The molecular weight excluding hydrogens is 338 g/mol. The molecule has 4 nitrogen and oxygen atoms in total. The van der Waals surface area contributed by atoms with Crippen LogP contribution in [-0.2, 0) is 4.79 Å². The maximum atomic E-state index is 12.3. The summed E-state index contributed by atoms with van der Waals surface area (Å²) < 4.78 is 10.7. The topological polar surface area (TPSA) is 47.6 Å². The minimum Gasteiger partial charge on any atom is -0.454 e. The van der Waals surface area contributed by atoms with E-state index in [0.29, 0.717) is 23.2 Å². The van der Waals surface area contributed by atoms with Crippen LogP contribution >= 0.6 is 0 Å². The first-order valence-corrected chi connectivity index (χ1v) is 9.84. The van der Waals surface area contributed by atoms with E-state index < -0.39 is 0 Å². The van der Waals surface area contributed by atoms with Gasteiger partial charge in [-0.1, -0.05) is 58.9 Å². The summed E-state index contributed by atoms with van der Waals surface area (Å²) in [5.41, 5.74) is 1.32. The second-order valence-corrected chi connectivity index (χ2v) is 8.55. The van der Waals surface area contributed by atoms with E-state index in [1.165, 1.54) is 0 Å². The molecule has 4 heteroatoms. The number of hydrogen-bond donors (Lipinski definition) is 1. The lowest BCUT2D eigenvalue weighted by Gasteiger charge is -2.49. The fourth-order valence-electron chi connectivity index (χ4n) is 4.12. The highest BCUT2D eigenvalue weighted by Crippen LogP contribution is 2.47. The van der Waals surface area contributed by atoms with Crippen molar-refractivity contribution in [3.63, 3.8) is 0 Å². The van der Waals surface area contributed by atoms with Crippen molar-refractivity contribution in [3.05, 3.63) is 42.0 Å². The van der Waals surface area contributed by atoms with Crippen molar-refractivity contribution >= 4 is 12.0 Å². The lowest BCUT2D eigenvalue weighted by molar-refractivity contribution is -0.118. The minimum atomic E-state index is -0.0266. The third kappa shape index (κ3) is 4.20. The third-order valence-electron chi connectivity index (χ3n) is 6.85. The zero-order valence-corrected chi connectivity index (χ0v) is 17.0. The molecule has 4 atom stereocenters. The normalized spacial score (nSPS) is 29.4. The van der Waals surface area contributed by atoms with Crippen molar-refractivity contribution in [1.29, 1.82) is 0 Å². The lowest BCUT2D eigenvalue weighted by Crippen LogP contribution is -2.51. The van der Waals surface area contributed by atoms with Crippen LogP contribution in [0.1, 0.15) is 46.6 Å². The molecule has 0 unspecified atom stereocenters. The summed E-state index contributed by atoms with van der Waals surface area (Å²) in [7, 11) is 0. The molecule has 1 fully saturated rings. The Morgan fingerprint density at radius 2 is 1.89 bits per heavy atom. The van der Waals surface area contributed by atoms with E-state index in [2.05, 4.69) is 39.9 Å². The van der Waals surface area contributed by atoms with Crippen LogP contribution in [-0.4, -0.2) is 18.7 Å². The standard InChI is InChI=1S/C23H31NO3/c1-15-12-19(16(2)17(3)23(15,4)5)24-22(25)9-7-6-8-18-10-11-20-21(13-18)27-14-26-20/h6-11,13,15-17,19H,12,14H2,1-5H3,(H,24,25)/b8-6+,9-7+/t15-,16+,17+,19+/m1/s1. The molecule has 3 rings (SSSR count). The predicted octanol–water partition coefficient (Wildman–Crippen LogP) is 4.81. The number of allylic oxidation sites excluding steroid dienone is 2. The van der Waals surface area contributed by atoms with Gasteiger partial charge in [-0.05, 0) is 47.3 Å². The van der Waals surface area contributed by atoms with Crippen LogP contribution in [0.3, 0.4) is 0 Å². The van der Waals surface area contributed by atoms with E-state index in [1.54, 1.807) is 12.2 Å². The van der Waals surface area contributed by atoms with Crippen molar-refractivity contribution in [2.45, 2.75) is 47.1 Å². The lowest BCUT2D eigenvalue weighted by atomic mass is 9.58. The van der Waals surface area contributed by atoms with Gasteiger partial charge >= 0.3 is 0 Å². The van der Waals surface area contributed by atoms with E-state index in [4.69, 9.17) is 9.47 Å². The highest BCUT2D eigenvalue weighted by atomic mass is 16.7. The molecule has 0 radical (unpaired) electrons. The van der Waals surface area contributed by atoms with Gasteiger partial charge in [0.1, 0.15) is 0 Å². The molecule has 1 saturated carbocycles. The maximum absolute atomic E-state index is 12.3. The van der Waals surface area contributed by atoms with Crippen molar-refractivity contribution in [1.82, 2.24) is 5.32 Å². The van der Waals surface area contributed by atoms with Gasteiger partial charge in [-0.3, -0.25) is 4.79 Å². The molecule has 1 aromatic carbocycles. The SMILES string of the molecule is C[C@@H]1[C@@H](NC(=O)/C=C/C=C/c2ccc3c(c2)OCO3)C[C@@H](C)C(C)(C)[C@H]1C. The first-order chi connectivity index (χ1) is 12.8. The van der Waals surface area contributed by atoms with Gasteiger partial charge in [0.15, 0.2) is 11.5 Å². The molecule has 0 spiro atoms. The van der Waals surface area contributed by atoms with Gasteiger partial charge < -0.3 is 14.8 Å². The number of fused-ring (bicyclic) bond motifs is 1. The van der Waals surface area contributed by atoms with Crippen molar-refractivity contribution in [2.75, 3.05) is 6.79 Å². The van der Waals surface area contributed by atoms with Crippen LogP contribution in [0.25, 0.3) is 6.08 Å². The van der Waals surface area contributed by atoms with Crippen molar-refractivity contribution in [2.24, 2.45) is 23.2 Å². The Hall–Kier alpha value is -2.23. The van der Waals surface area contributed by atoms with Crippen molar-refractivity contribution in [3.8, 4) is 11.5 Å². The number of amides is 1. The van der Waals surface area contributed by atoms with Crippen LogP contribution in [0, 0.1) is 23.2 Å². The number of carbonyl (C=O) groups is 1. The molecule has 1 aliphatic heterocycles. The van der Waals surface area contributed by atoms with Gasteiger partial charge in [0.2, 0.25) is 12.7 Å². The Kier molecular flexibility index (Phi) is 5.64. The predicted molar refractivity (Wildman–Crippen MR) is 109 cm³/mol. The van der Waals surface area contributed by atoms with Gasteiger partial charge in [0, 0.05) is 12.1 Å². The highest BCUT2D eigenvalue weighted by molar-refractivity contribution is 5.88. The third-order valence-corrected chi connectivity index (χ3v) is 6.85. The average molecular weight is 370 g/mol. The Labute approximate surface area is 162 Å². The number of ether oxygens (including phenoxy) is 2. The number of benzene rings is 1. The molecule has 1 aromatic rings. The van der Waals surface area contributed by atoms with Crippen LogP contribution in [0.5, 0.6) is 11.5 Å². The molecule has 2 aliphatic rings. The Morgan fingerprint density at radius 3 is 2.67 bits per heavy atom. The molecule has 146 valence electrons. The molecule has 1 heterocycles. The van der Waals surface area contributed by atoms with E-state index in [9.17, 15) is 4.79 Å². The second-order valence-electron chi connectivity index (χ2n) is 8.55. The second kappa shape index (κ2) is 7.79. The first kappa shape index (κ1) is 19.5. The Balaban J connectivity index is 1.54. The van der Waals surface area contributed by atoms with Gasteiger partial charge in [-0.2, -0.15) is 0 Å².